The number of carbonyl (C=O) groups excluding carboxylic acids is 1. The molecule has 0 aliphatic carbocycles. The van der Waals surface area contributed by atoms with E-state index in [2.05, 4.69) is 0 Å². The fraction of sp³-hybridized carbons (Fsp3) is 0. The lowest BCUT2D eigenvalue weighted by Crippen LogP contribution is -1.93. The SMILES string of the molecule is O=C(/C=C/c1ccc(-c2cccc(Cl)c2)o1)c1ccc2ccccc2c1. The highest BCUT2D eigenvalue weighted by molar-refractivity contribution is 6.30. The van der Waals surface area contributed by atoms with Crippen molar-refractivity contribution in [2.75, 3.05) is 0 Å². The number of halogens is 1. The topological polar surface area (TPSA) is 30.2 Å². The number of ketones is 1. The molecule has 0 unspecified atom stereocenters. The summed E-state index contributed by atoms with van der Waals surface area (Å²) in [6.45, 7) is 0. The summed E-state index contributed by atoms with van der Waals surface area (Å²) in [6.07, 6.45) is 3.22. The Hall–Kier alpha value is -3.10. The molecule has 4 rings (SSSR count). The van der Waals surface area contributed by atoms with Crippen molar-refractivity contribution in [3.8, 4) is 11.3 Å². The van der Waals surface area contributed by atoms with Crippen molar-refractivity contribution in [2.24, 2.45) is 0 Å². The number of hydrogen-bond donors (Lipinski definition) is 0. The highest BCUT2D eigenvalue weighted by Crippen LogP contribution is 2.25. The second-order valence-electron chi connectivity index (χ2n) is 5.97. The van der Waals surface area contributed by atoms with Crippen LogP contribution in [0.2, 0.25) is 5.02 Å². The summed E-state index contributed by atoms with van der Waals surface area (Å²) in [5.41, 5.74) is 1.56. The van der Waals surface area contributed by atoms with Gasteiger partial charge in [-0.15, -0.1) is 0 Å². The maximum Gasteiger partial charge on any atom is 0.185 e. The van der Waals surface area contributed by atoms with Crippen molar-refractivity contribution in [3.63, 3.8) is 0 Å². The number of allylic oxidation sites excluding steroid dienone is 1. The second-order valence-corrected chi connectivity index (χ2v) is 6.41. The third-order valence-corrected chi connectivity index (χ3v) is 4.40. The van der Waals surface area contributed by atoms with E-state index >= 15 is 0 Å². The summed E-state index contributed by atoms with van der Waals surface area (Å²) in [6, 6.07) is 24.8. The molecule has 3 heteroatoms. The quantitative estimate of drug-likeness (QED) is 0.302. The van der Waals surface area contributed by atoms with E-state index < -0.39 is 0 Å². The Bertz CT molecular complexity index is 1120. The summed E-state index contributed by atoms with van der Waals surface area (Å²) in [5, 5.41) is 2.82. The van der Waals surface area contributed by atoms with E-state index in [1.165, 1.54) is 6.08 Å². The van der Waals surface area contributed by atoms with E-state index in [9.17, 15) is 4.79 Å². The zero-order valence-electron chi connectivity index (χ0n) is 13.9. The van der Waals surface area contributed by atoms with Crippen LogP contribution in [-0.4, -0.2) is 5.78 Å². The molecule has 0 spiro atoms. The smallest absolute Gasteiger partial charge is 0.185 e. The molecule has 0 aliphatic heterocycles. The molecule has 0 saturated heterocycles. The van der Waals surface area contributed by atoms with E-state index in [-0.39, 0.29) is 5.78 Å². The van der Waals surface area contributed by atoms with Crippen LogP contribution in [-0.2, 0) is 0 Å². The van der Waals surface area contributed by atoms with Crippen molar-refractivity contribution < 1.29 is 9.21 Å². The first-order chi connectivity index (χ1) is 12.7. The van der Waals surface area contributed by atoms with Crippen LogP contribution in [0.4, 0.5) is 0 Å². The number of furan rings is 1. The first kappa shape index (κ1) is 16.4. The van der Waals surface area contributed by atoms with Gasteiger partial charge in [0, 0.05) is 16.1 Å². The Morgan fingerprint density at radius 1 is 0.846 bits per heavy atom. The molecule has 0 fully saturated rings. The van der Waals surface area contributed by atoms with Crippen LogP contribution in [0.15, 0.2) is 89.4 Å². The van der Waals surface area contributed by atoms with E-state index in [4.69, 9.17) is 16.0 Å². The molecule has 1 heterocycles. The van der Waals surface area contributed by atoms with Crippen LogP contribution < -0.4 is 0 Å². The lowest BCUT2D eigenvalue weighted by molar-refractivity contribution is 0.104. The average molecular weight is 359 g/mol. The van der Waals surface area contributed by atoms with E-state index in [1.54, 1.807) is 6.08 Å². The molecule has 1 aromatic heterocycles. The van der Waals surface area contributed by atoms with Gasteiger partial charge in [0.15, 0.2) is 5.78 Å². The minimum absolute atomic E-state index is 0.0588. The Morgan fingerprint density at radius 2 is 1.69 bits per heavy atom. The molecule has 26 heavy (non-hydrogen) atoms. The Balaban J connectivity index is 1.54. The molecule has 0 bridgehead atoms. The standard InChI is InChI=1S/C23H15ClO2/c24-20-7-3-6-19(15-20)23-13-11-21(26-23)10-12-22(25)18-9-8-16-4-1-2-5-17(16)14-18/h1-15H/b12-10+. The van der Waals surface area contributed by atoms with Crippen molar-refractivity contribution in [3.05, 3.63) is 101 Å². The van der Waals surface area contributed by atoms with Crippen LogP contribution in [0.3, 0.4) is 0 Å². The van der Waals surface area contributed by atoms with Crippen LogP contribution in [0, 0.1) is 0 Å². The Labute approximate surface area is 156 Å². The Kier molecular flexibility index (Phi) is 4.42. The van der Waals surface area contributed by atoms with Gasteiger partial charge < -0.3 is 4.42 Å². The molecule has 0 radical (unpaired) electrons. The predicted molar refractivity (Wildman–Crippen MR) is 106 cm³/mol. The molecule has 2 nitrogen and oxygen atoms in total. The van der Waals surface area contributed by atoms with Crippen molar-refractivity contribution >= 4 is 34.2 Å². The average Bonchev–Trinajstić information content (AvgIpc) is 3.15. The highest BCUT2D eigenvalue weighted by atomic mass is 35.5. The predicted octanol–water partition coefficient (Wildman–Crippen LogP) is 6.65. The van der Waals surface area contributed by atoms with Gasteiger partial charge in [0.1, 0.15) is 11.5 Å². The molecule has 0 N–H and O–H groups in total. The van der Waals surface area contributed by atoms with Gasteiger partial charge in [0.05, 0.1) is 0 Å². The molecular formula is C23H15ClO2. The van der Waals surface area contributed by atoms with Gasteiger partial charge in [0.2, 0.25) is 0 Å². The lowest BCUT2D eigenvalue weighted by atomic mass is 10.0. The summed E-state index contributed by atoms with van der Waals surface area (Å²) in [7, 11) is 0. The third kappa shape index (κ3) is 3.46. The molecule has 0 saturated carbocycles. The van der Waals surface area contributed by atoms with Gasteiger partial charge in [0.25, 0.3) is 0 Å². The molecular weight excluding hydrogens is 344 g/mol. The molecule has 0 aliphatic rings. The lowest BCUT2D eigenvalue weighted by Gasteiger charge is -2.00. The fourth-order valence-corrected chi connectivity index (χ4v) is 3.03. The summed E-state index contributed by atoms with van der Waals surface area (Å²) >= 11 is 6.01. The summed E-state index contributed by atoms with van der Waals surface area (Å²) < 4.78 is 5.78. The monoisotopic (exact) mass is 358 g/mol. The third-order valence-electron chi connectivity index (χ3n) is 4.17. The summed E-state index contributed by atoms with van der Waals surface area (Å²) in [4.78, 5) is 12.4. The number of rotatable bonds is 4. The Morgan fingerprint density at radius 3 is 2.54 bits per heavy atom. The minimum Gasteiger partial charge on any atom is -0.457 e. The largest absolute Gasteiger partial charge is 0.457 e. The number of carbonyl (C=O) groups is 1. The maximum absolute atomic E-state index is 12.4. The molecule has 3 aromatic carbocycles. The highest BCUT2D eigenvalue weighted by Gasteiger charge is 2.06. The van der Waals surface area contributed by atoms with Crippen LogP contribution in [0.5, 0.6) is 0 Å². The second kappa shape index (κ2) is 7.03. The van der Waals surface area contributed by atoms with Gasteiger partial charge in [-0.3, -0.25) is 4.79 Å². The van der Waals surface area contributed by atoms with Crippen molar-refractivity contribution in [1.29, 1.82) is 0 Å². The zero-order valence-corrected chi connectivity index (χ0v) is 14.6. The van der Waals surface area contributed by atoms with Gasteiger partial charge in [-0.05, 0) is 53.3 Å². The summed E-state index contributed by atoms with van der Waals surface area (Å²) in [5.74, 6) is 1.27. The van der Waals surface area contributed by atoms with Crippen LogP contribution in [0.25, 0.3) is 28.2 Å². The van der Waals surface area contributed by atoms with Gasteiger partial charge in [-0.1, -0.05) is 60.1 Å². The number of hydrogen-bond acceptors (Lipinski definition) is 2. The van der Waals surface area contributed by atoms with Crippen molar-refractivity contribution in [1.82, 2.24) is 0 Å². The normalized spacial score (nSPS) is 11.3. The molecule has 4 aromatic rings. The van der Waals surface area contributed by atoms with Crippen LogP contribution >= 0.6 is 11.6 Å². The van der Waals surface area contributed by atoms with Gasteiger partial charge in [-0.25, -0.2) is 0 Å². The first-order valence-electron chi connectivity index (χ1n) is 8.26. The van der Waals surface area contributed by atoms with Gasteiger partial charge >= 0.3 is 0 Å². The molecule has 0 atom stereocenters. The van der Waals surface area contributed by atoms with Crippen LogP contribution in [0.1, 0.15) is 16.1 Å². The number of fused-ring (bicyclic) bond motifs is 1. The van der Waals surface area contributed by atoms with Gasteiger partial charge in [-0.2, -0.15) is 0 Å². The maximum atomic E-state index is 12.4. The minimum atomic E-state index is -0.0588. The fourth-order valence-electron chi connectivity index (χ4n) is 2.84. The van der Waals surface area contributed by atoms with E-state index in [0.717, 1.165) is 16.3 Å². The van der Waals surface area contributed by atoms with E-state index in [1.807, 2.05) is 78.9 Å². The molecule has 0 amide bonds. The first-order valence-corrected chi connectivity index (χ1v) is 8.64. The van der Waals surface area contributed by atoms with Crippen molar-refractivity contribution in [2.45, 2.75) is 0 Å². The zero-order chi connectivity index (χ0) is 17.9. The van der Waals surface area contributed by atoms with E-state index in [0.29, 0.717) is 22.1 Å². The molecule has 126 valence electrons. The number of benzene rings is 3.